The van der Waals surface area contributed by atoms with Gasteiger partial charge < -0.3 is 25.1 Å². The number of anilines is 1. The van der Waals surface area contributed by atoms with Crippen LogP contribution in [0.4, 0.5) is 5.82 Å². The van der Waals surface area contributed by atoms with Crippen LogP contribution in [0.3, 0.4) is 0 Å². The van der Waals surface area contributed by atoms with Gasteiger partial charge >= 0.3 is 11.1 Å². The van der Waals surface area contributed by atoms with Crippen LogP contribution in [0.2, 0.25) is 0 Å². The number of H-pyrrole nitrogens is 1. The molecule has 2 heterocycles. The highest BCUT2D eigenvalue weighted by molar-refractivity contribution is 5.85. The van der Waals surface area contributed by atoms with Crippen LogP contribution >= 0.6 is 0 Å². The van der Waals surface area contributed by atoms with Crippen LogP contribution in [0.1, 0.15) is 24.5 Å². The fourth-order valence-corrected chi connectivity index (χ4v) is 3.51. The Hall–Kier alpha value is -3.17. The summed E-state index contributed by atoms with van der Waals surface area (Å²) in [6.45, 7) is 4.85. The largest absolute Gasteiger partial charge is 0.475 e. The molecule has 0 spiro atoms. The lowest BCUT2D eigenvalue weighted by atomic mass is 10.1. The number of aromatic amines is 1. The molecule has 0 bridgehead atoms. The number of benzene rings is 1. The van der Waals surface area contributed by atoms with Crippen molar-refractivity contribution in [2.45, 2.75) is 26.4 Å². The number of rotatable bonds is 10. The normalized spacial score (nSPS) is 11.4. The van der Waals surface area contributed by atoms with Crippen molar-refractivity contribution < 1.29 is 9.47 Å². The number of nitrogen functional groups attached to an aromatic ring is 1. The molecule has 0 saturated carbocycles. The first kappa shape index (κ1) is 22.5. The van der Waals surface area contributed by atoms with Crippen molar-refractivity contribution >= 4 is 16.9 Å². The predicted octanol–water partition coefficient (Wildman–Crippen LogP) is 1.58. The van der Waals surface area contributed by atoms with Crippen LogP contribution < -0.4 is 21.6 Å². The first-order valence-corrected chi connectivity index (χ1v) is 10.2. The second-order valence-corrected chi connectivity index (χ2v) is 7.48. The highest BCUT2D eigenvalue weighted by Crippen LogP contribution is 2.21. The minimum Gasteiger partial charge on any atom is -0.475 e. The van der Waals surface area contributed by atoms with E-state index in [4.69, 9.17) is 15.2 Å². The lowest BCUT2D eigenvalue weighted by Gasteiger charge is -2.17. The maximum atomic E-state index is 12.7. The van der Waals surface area contributed by atoms with E-state index >= 15 is 0 Å². The molecule has 0 aliphatic heterocycles. The van der Waals surface area contributed by atoms with Gasteiger partial charge in [0, 0.05) is 19.7 Å². The monoisotopic (exact) mass is 427 g/mol. The summed E-state index contributed by atoms with van der Waals surface area (Å²) in [5.41, 5.74) is 7.45. The number of fused-ring (bicyclic) bond motifs is 1. The van der Waals surface area contributed by atoms with Crippen molar-refractivity contribution in [1.29, 1.82) is 0 Å². The number of nitrogens with zero attached hydrogens (tertiary/aromatic N) is 3. The zero-order chi connectivity index (χ0) is 22.4. The Balaban J connectivity index is 2.00. The van der Waals surface area contributed by atoms with Gasteiger partial charge in [-0.1, -0.05) is 31.2 Å². The third-order valence-electron chi connectivity index (χ3n) is 4.90. The minimum atomic E-state index is -0.743. The molecule has 0 fully saturated rings. The van der Waals surface area contributed by atoms with E-state index in [0.717, 1.165) is 30.6 Å². The van der Waals surface area contributed by atoms with E-state index in [9.17, 15) is 9.59 Å². The van der Waals surface area contributed by atoms with Crippen LogP contribution in [0.5, 0.6) is 5.88 Å². The van der Waals surface area contributed by atoms with E-state index in [-0.39, 0.29) is 24.8 Å². The highest BCUT2D eigenvalue weighted by Gasteiger charge is 2.14. The second kappa shape index (κ2) is 10.2. The van der Waals surface area contributed by atoms with Gasteiger partial charge in [-0.15, -0.1) is 0 Å². The number of aromatic nitrogens is 3. The van der Waals surface area contributed by atoms with Gasteiger partial charge in [-0.25, -0.2) is 0 Å². The van der Waals surface area contributed by atoms with Crippen molar-refractivity contribution in [3.05, 3.63) is 62.2 Å². The Kier molecular flexibility index (Phi) is 7.43. The van der Waals surface area contributed by atoms with Crippen molar-refractivity contribution in [3.63, 3.8) is 0 Å². The van der Waals surface area contributed by atoms with Crippen LogP contribution in [0, 0.1) is 0 Å². The molecule has 0 amide bonds. The van der Waals surface area contributed by atoms with Gasteiger partial charge in [-0.05, 0) is 31.1 Å². The van der Waals surface area contributed by atoms with Gasteiger partial charge in [0.1, 0.15) is 12.1 Å². The molecule has 31 heavy (non-hydrogen) atoms. The molecule has 0 unspecified atom stereocenters. The molecule has 3 rings (SSSR count). The van der Waals surface area contributed by atoms with E-state index in [0.29, 0.717) is 17.6 Å². The molecular weight excluding hydrogens is 398 g/mol. The molecule has 9 heteroatoms. The first-order valence-electron chi connectivity index (χ1n) is 10.2. The standard InChI is InChI=1S/C22H29N5O4/c1-4-8-26(2)13-15-6-5-7-16(11-15)14-27-17-12-18(31-10-9-30-3)24-20(23)19(17)25-21(28)22(27)29/h5-7,11-12H,4,8-10,13-14H2,1-3H3,(H2,23,24)(H,25,28). The molecule has 9 nitrogen and oxygen atoms in total. The van der Waals surface area contributed by atoms with Gasteiger partial charge in [0.15, 0.2) is 5.82 Å². The van der Waals surface area contributed by atoms with Gasteiger partial charge in [0.25, 0.3) is 0 Å². The van der Waals surface area contributed by atoms with Gasteiger partial charge in [0.2, 0.25) is 5.88 Å². The van der Waals surface area contributed by atoms with Crippen molar-refractivity contribution in [2.75, 3.05) is 39.6 Å². The SMILES string of the molecule is CCCN(C)Cc1cccc(Cn2c(=O)c(=O)[nH]c3c(N)nc(OCCOC)cc32)c1. The van der Waals surface area contributed by atoms with E-state index in [1.165, 1.54) is 4.57 Å². The van der Waals surface area contributed by atoms with Crippen molar-refractivity contribution in [2.24, 2.45) is 0 Å². The zero-order valence-corrected chi connectivity index (χ0v) is 18.2. The summed E-state index contributed by atoms with van der Waals surface area (Å²) in [5.74, 6) is 0.350. The molecule has 2 aromatic heterocycles. The van der Waals surface area contributed by atoms with Gasteiger partial charge in [0.05, 0.1) is 18.7 Å². The fourth-order valence-electron chi connectivity index (χ4n) is 3.51. The predicted molar refractivity (Wildman–Crippen MR) is 121 cm³/mol. The number of nitrogens with two attached hydrogens (primary N) is 1. The summed E-state index contributed by atoms with van der Waals surface area (Å²) < 4.78 is 12.0. The molecule has 0 saturated heterocycles. The summed E-state index contributed by atoms with van der Waals surface area (Å²) in [6, 6.07) is 9.60. The van der Waals surface area contributed by atoms with Crippen LogP contribution in [-0.2, 0) is 17.8 Å². The second-order valence-electron chi connectivity index (χ2n) is 7.48. The number of methoxy groups -OCH3 is 1. The summed E-state index contributed by atoms with van der Waals surface area (Å²) in [7, 11) is 3.65. The molecule has 3 N–H and O–H groups in total. The molecule has 0 radical (unpaired) electrons. The van der Waals surface area contributed by atoms with Crippen molar-refractivity contribution in [3.8, 4) is 5.88 Å². The Bertz CT molecular complexity index is 1150. The molecule has 3 aromatic rings. The summed E-state index contributed by atoms with van der Waals surface area (Å²) in [5, 5.41) is 0. The smallest absolute Gasteiger partial charge is 0.317 e. The van der Waals surface area contributed by atoms with Gasteiger partial charge in [-0.2, -0.15) is 4.98 Å². The molecule has 1 aromatic carbocycles. The van der Waals surface area contributed by atoms with E-state index in [2.05, 4.69) is 34.9 Å². The topological polar surface area (TPSA) is 115 Å². The Morgan fingerprint density at radius 1 is 1.19 bits per heavy atom. The lowest BCUT2D eigenvalue weighted by molar-refractivity contribution is 0.144. The summed E-state index contributed by atoms with van der Waals surface area (Å²) in [4.78, 5) is 33.9. The van der Waals surface area contributed by atoms with Crippen LogP contribution in [0.25, 0.3) is 11.0 Å². The van der Waals surface area contributed by atoms with Crippen LogP contribution in [-0.4, -0.2) is 53.4 Å². The fraction of sp³-hybridized carbons (Fsp3) is 0.409. The number of hydrogen-bond acceptors (Lipinski definition) is 7. The molecule has 0 aliphatic rings. The number of nitrogens with one attached hydrogen (secondary N) is 1. The van der Waals surface area contributed by atoms with Crippen LogP contribution in [0.15, 0.2) is 39.9 Å². The van der Waals surface area contributed by atoms with E-state index < -0.39 is 11.1 Å². The molecular formula is C22H29N5O4. The first-order chi connectivity index (χ1) is 14.9. The number of pyridine rings is 1. The average Bonchev–Trinajstić information content (AvgIpc) is 2.73. The zero-order valence-electron chi connectivity index (χ0n) is 18.2. The van der Waals surface area contributed by atoms with Crippen molar-refractivity contribution in [1.82, 2.24) is 19.4 Å². The Morgan fingerprint density at radius 2 is 1.97 bits per heavy atom. The third kappa shape index (κ3) is 5.50. The summed E-state index contributed by atoms with van der Waals surface area (Å²) >= 11 is 0. The highest BCUT2D eigenvalue weighted by atomic mass is 16.5. The molecule has 0 atom stereocenters. The quantitative estimate of drug-likeness (QED) is 0.373. The number of ether oxygens (including phenoxy) is 2. The lowest BCUT2D eigenvalue weighted by Crippen LogP contribution is -2.37. The average molecular weight is 428 g/mol. The Labute approximate surface area is 180 Å². The van der Waals surface area contributed by atoms with E-state index in [1.807, 2.05) is 18.2 Å². The Morgan fingerprint density at radius 3 is 2.71 bits per heavy atom. The minimum absolute atomic E-state index is 0.0886. The third-order valence-corrected chi connectivity index (χ3v) is 4.90. The molecule has 0 aliphatic carbocycles. The maximum Gasteiger partial charge on any atom is 0.317 e. The number of hydrogen-bond donors (Lipinski definition) is 2. The van der Waals surface area contributed by atoms with Gasteiger partial charge in [-0.3, -0.25) is 14.2 Å². The maximum absolute atomic E-state index is 12.7. The molecule has 166 valence electrons. The summed E-state index contributed by atoms with van der Waals surface area (Å²) in [6.07, 6.45) is 1.08. The van der Waals surface area contributed by atoms with E-state index in [1.54, 1.807) is 13.2 Å².